The lowest BCUT2D eigenvalue weighted by atomic mass is 9.99. The van der Waals surface area contributed by atoms with Gasteiger partial charge in [-0.25, -0.2) is 0 Å². The molecule has 190 valence electrons. The Bertz CT molecular complexity index is 1660. The van der Waals surface area contributed by atoms with Gasteiger partial charge in [-0.15, -0.1) is 0 Å². The molecule has 0 unspecified atom stereocenters. The maximum atomic E-state index is 2.35. The smallest absolute Gasteiger partial charge is 0.0540 e. The van der Waals surface area contributed by atoms with E-state index in [1.807, 2.05) is 0 Å². The molecule has 0 spiro atoms. The van der Waals surface area contributed by atoms with Crippen molar-refractivity contribution in [3.05, 3.63) is 170 Å². The Morgan fingerprint density at radius 3 is 0.875 bits per heavy atom. The summed E-state index contributed by atoms with van der Waals surface area (Å²) in [6.45, 7) is 0. The van der Waals surface area contributed by atoms with Crippen LogP contribution >= 0.6 is 0 Å². The predicted molar refractivity (Wildman–Crippen MR) is 171 cm³/mol. The Morgan fingerprint density at radius 2 is 0.575 bits per heavy atom. The molecular formula is C38H28N2. The van der Waals surface area contributed by atoms with Crippen LogP contribution < -0.4 is 9.80 Å². The second kappa shape index (κ2) is 10.4. The number of para-hydroxylation sites is 4. The molecule has 0 atom stereocenters. The molecule has 0 N–H and O–H groups in total. The van der Waals surface area contributed by atoms with Crippen molar-refractivity contribution >= 4 is 55.7 Å². The van der Waals surface area contributed by atoms with E-state index in [1.165, 1.54) is 21.5 Å². The molecule has 2 nitrogen and oxygen atoms in total. The molecule has 0 aromatic heterocycles. The SMILES string of the molecule is c1ccc(N(c2ccccc2)c2cccc3cc4c(N(c5ccccc5)c5ccccc5)cccc4cc23)cc1. The Hall–Kier alpha value is -5.34. The third-order valence-electron chi connectivity index (χ3n) is 7.37. The first kappa shape index (κ1) is 23.8. The molecule has 7 aromatic carbocycles. The number of hydrogen-bond donors (Lipinski definition) is 0. The van der Waals surface area contributed by atoms with E-state index >= 15 is 0 Å². The molecule has 0 heterocycles. The lowest BCUT2D eigenvalue weighted by Gasteiger charge is -2.28. The van der Waals surface area contributed by atoms with Gasteiger partial charge in [-0.3, -0.25) is 0 Å². The van der Waals surface area contributed by atoms with Crippen LogP contribution in [0.1, 0.15) is 0 Å². The van der Waals surface area contributed by atoms with Crippen LogP contribution in [-0.4, -0.2) is 0 Å². The number of nitrogens with zero attached hydrogens (tertiary/aromatic N) is 2. The summed E-state index contributed by atoms with van der Waals surface area (Å²) >= 11 is 0. The second-order valence-corrected chi connectivity index (χ2v) is 9.86. The minimum absolute atomic E-state index is 1.13. The van der Waals surface area contributed by atoms with Gasteiger partial charge in [-0.05, 0) is 83.6 Å². The van der Waals surface area contributed by atoms with Gasteiger partial charge in [-0.1, -0.05) is 97.1 Å². The second-order valence-electron chi connectivity index (χ2n) is 9.86. The van der Waals surface area contributed by atoms with Crippen LogP contribution in [0.5, 0.6) is 0 Å². The van der Waals surface area contributed by atoms with Crippen molar-refractivity contribution in [2.45, 2.75) is 0 Å². The molecule has 0 aliphatic heterocycles. The van der Waals surface area contributed by atoms with Crippen molar-refractivity contribution in [3.63, 3.8) is 0 Å². The van der Waals surface area contributed by atoms with Crippen molar-refractivity contribution in [2.75, 3.05) is 9.80 Å². The molecule has 0 bridgehead atoms. The van der Waals surface area contributed by atoms with Crippen LogP contribution in [0.3, 0.4) is 0 Å². The van der Waals surface area contributed by atoms with Gasteiger partial charge >= 0.3 is 0 Å². The first-order valence-electron chi connectivity index (χ1n) is 13.6. The van der Waals surface area contributed by atoms with E-state index < -0.39 is 0 Å². The summed E-state index contributed by atoms with van der Waals surface area (Å²) < 4.78 is 0. The van der Waals surface area contributed by atoms with E-state index in [-0.39, 0.29) is 0 Å². The first-order chi connectivity index (χ1) is 19.9. The average Bonchev–Trinajstić information content (AvgIpc) is 3.03. The van der Waals surface area contributed by atoms with Crippen molar-refractivity contribution in [2.24, 2.45) is 0 Å². The van der Waals surface area contributed by atoms with E-state index in [0.29, 0.717) is 0 Å². The summed E-state index contributed by atoms with van der Waals surface area (Å²) in [4.78, 5) is 4.69. The fourth-order valence-electron chi connectivity index (χ4n) is 5.57. The Kier molecular flexibility index (Phi) is 6.20. The monoisotopic (exact) mass is 512 g/mol. The zero-order valence-corrected chi connectivity index (χ0v) is 22.1. The predicted octanol–water partition coefficient (Wildman–Crippen LogP) is 10.9. The summed E-state index contributed by atoms with van der Waals surface area (Å²) in [5.74, 6) is 0. The molecule has 0 radical (unpaired) electrons. The topological polar surface area (TPSA) is 6.48 Å². The molecule has 0 amide bonds. The third-order valence-corrected chi connectivity index (χ3v) is 7.37. The Morgan fingerprint density at radius 1 is 0.275 bits per heavy atom. The standard InChI is InChI=1S/C38H28N2/c1-5-17-31(18-6-1)39(32-19-7-2-8-20-32)37-25-13-15-29-28-36-30(27-35(29)37)16-14-26-38(36)40(33-21-9-3-10-22-33)34-23-11-4-12-24-34/h1-28H. The van der Waals surface area contributed by atoms with E-state index in [4.69, 9.17) is 0 Å². The van der Waals surface area contributed by atoms with Gasteiger partial charge in [0.15, 0.2) is 0 Å². The van der Waals surface area contributed by atoms with E-state index in [0.717, 1.165) is 34.1 Å². The molecule has 7 aromatic rings. The minimum atomic E-state index is 1.13. The van der Waals surface area contributed by atoms with Crippen LogP contribution in [0.4, 0.5) is 34.1 Å². The highest BCUT2D eigenvalue weighted by Gasteiger charge is 2.18. The molecular weight excluding hydrogens is 484 g/mol. The van der Waals surface area contributed by atoms with Gasteiger partial charge in [0.25, 0.3) is 0 Å². The van der Waals surface area contributed by atoms with Gasteiger partial charge in [0.2, 0.25) is 0 Å². The van der Waals surface area contributed by atoms with Gasteiger partial charge in [0.1, 0.15) is 0 Å². The molecule has 2 heteroatoms. The highest BCUT2D eigenvalue weighted by Crippen LogP contribution is 2.43. The highest BCUT2D eigenvalue weighted by molar-refractivity contribution is 6.10. The number of fused-ring (bicyclic) bond motifs is 2. The first-order valence-corrected chi connectivity index (χ1v) is 13.6. The van der Waals surface area contributed by atoms with Gasteiger partial charge in [0.05, 0.1) is 11.4 Å². The van der Waals surface area contributed by atoms with Gasteiger partial charge in [0, 0.05) is 33.5 Å². The van der Waals surface area contributed by atoms with E-state index in [1.54, 1.807) is 0 Å². The maximum Gasteiger partial charge on any atom is 0.0540 e. The molecule has 0 saturated heterocycles. The number of rotatable bonds is 6. The van der Waals surface area contributed by atoms with Gasteiger partial charge in [-0.2, -0.15) is 0 Å². The Balaban J connectivity index is 1.46. The summed E-state index contributed by atoms with van der Waals surface area (Å²) in [6.07, 6.45) is 0. The lowest BCUT2D eigenvalue weighted by Crippen LogP contribution is -2.11. The summed E-state index contributed by atoms with van der Waals surface area (Å²) in [5.41, 5.74) is 6.85. The average molecular weight is 513 g/mol. The summed E-state index contributed by atoms with van der Waals surface area (Å²) in [5, 5.41) is 4.84. The van der Waals surface area contributed by atoms with Crippen LogP contribution in [0, 0.1) is 0 Å². The Labute approximate surface area is 235 Å². The van der Waals surface area contributed by atoms with Crippen LogP contribution in [0.25, 0.3) is 21.5 Å². The van der Waals surface area contributed by atoms with E-state index in [2.05, 4.69) is 180 Å². The van der Waals surface area contributed by atoms with Crippen molar-refractivity contribution in [3.8, 4) is 0 Å². The van der Waals surface area contributed by atoms with Crippen LogP contribution in [-0.2, 0) is 0 Å². The lowest BCUT2D eigenvalue weighted by molar-refractivity contribution is 1.29. The third kappa shape index (κ3) is 4.36. The molecule has 0 fully saturated rings. The number of benzene rings is 7. The molecule has 0 aliphatic rings. The van der Waals surface area contributed by atoms with Crippen LogP contribution in [0.2, 0.25) is 0 Å². The minimum Gasteiger partial charge on any atom is -0.310 e. The van der Waals surface area contributed by atoms with Crippen molar-refractivity contribution in [1.29, 1.82) is 0 Å². The summed E-state index contributed by atoms with van der Waals surface area (Å²) in [6, 6.07) is 60.3. The van der Waals surface area contributed by atoms with E-state index in [9.17, 15) is 0 Å². The van der Waals surface area contributed by atoms with Gasteiger partial charge < -0.3 is 9.80 Å². The van der Waals surface area contributed by atoms with Crippen molar-refractivity contribution < 1.29 is 0 Å². The normalized spacial score (nSPS) is 11.0. The molecule has 40 heavy (non-hydrogen) atoms. The molecule has 0 aliphatic carbocycles. The molecule has 7 rings (SSSR count). The number of anilines is 6. The maximum absolute atomic E-state index is 2.35. The zero-order chi connectivity index (χ0) is 26.7. The summed E-state index contributed by atoms with van der Waals surface area (Å²) in [7, 11) is 0. The molecule has 0 saturated carbocycles. The quantitative estimate of drug-likeness (QED) is 0.204. The highest BCUT2D eigenvalue weighted by atomic mass is 15.1. The fraction of sp³-hybridized carbons (Fsp3) is 0. The van der Waals surface area contributed by atoms with Crippen LogP contribution in [0.15, 0.2) is 170 Å². The largest absolute Gasteiger partial charge is 0.310 e. The van der Waals surface area contributed by atoms with Crippen molar-refractivity contribution in [1.82, 2.24) is 0 Å². The fourth-order valence-corrected chi connectivity index (χ4v) is 5.57. The zero-order valence-electron chi connectivity index (χ0n) is 22.1. The number of hydrogen-bond acceptors (Lipinski definition) is 2.